The maximum absolute atomic E-state index is 12.8. The van der Waals surface area contributed by atoms with Gasteiger partial charge in [0, 0.05) is 19.3 Å². The van der Waals surface area contributed by atoms with E-state index in [0.717, 1.165) is 70.6 Å². The van der Waals surface area contributed by atoms with Gasteiger partial charge in [-0.3, -0.25) is 14.4 Å². The van der Waals surface area contributed by atoms with Gasteiger partial charge >= 0.3 is 17.9 Å². The number of ether oxygens (including phenoxy) is 3. The van der Waals surface area contributed by atoms with E-state index in [9.17, 15) is 14.4 Å². The largest absolute Gasteiger partial charge is 0.462 e. The summed E-state index contributed by atoms with van der Waals surface area (Å²) in [6, 6.07) is 0. The van der Waals surface area contributed by atoms with Crippen LogP contribution in [0.3, 0.4) is 0 Å². The van der Waals surface area contributed by atoms with Crippen molar-refractivity contribution in [3.63, 3.8) is 0 Å². The van der Waals surface area contributed by atoms with Crippen molar-refractivity contribution < 1.29 is 28.6 Å². The first-order chi connectivity index (χ1) is 31.0. The number of unbranched alkanes of at least 4 members (excludes halogenated alkanes) is 19. The minimum Gasteiger partial charge on any atom is -0.462 e. The van der Waals surface area contributed by atoms with Crippen LogP contribution in [0.1, 0.15) is 213 Å². The van der Waals surface area contributed by atoms with Crippen LogP contribution in [0.4, 0.5) is 0 Å². The Hall–Kier alpha value is -3.93. The van der Waals surface area contributed by atoms with E-state index < -0.39 is 6.10 Å². The van der Waals surface area contributed by atoms with Gasteiger partial charge in [0.25, 0.3) is 0 Å². The molecule has 0 N–H and O–H groups in total. The van der Waals surface area contributed by atoms with Gasteiger partial charge in [-0.25, -0.2) is 0 Å². The van der Waals surface area contributed by atoms with E-state index in [1.165, 1.54) is 89.9 Å². The predicted molar refractivity (Wildman–Crippen MR) is 270 cm³/mol. The zero-order valence-corrected chi connectivity index (χ0v) is 40.5. The molecule has 0 fully saturated rings. The lowest BCUT2D eigenvalue weighted by Gasteiger charge is -2.18. The summed E-state index contributed by atoms with van der Waals surface area (Å²) >= 11 is 0. The summed E-state index contributed by atoms with van der Waals surface area (Å²) in [5.74, 6) is -1.05. The van der Waals surface area contributed by atoms with E-state index in [-0.39, 0.29) is 44.0 Å². The molecule has 63 heavy (non-hydrogen) atoms. The molecule has 0 spiro atoms. The minimum atomic E-state index is -0.827. The highest BCUT2D eigenvalue weighted by atomic mass is 16.6. The molecular formula is C57H92O6. The third-order valence-electron chi connectivity index (χ3n) is 10.4. The van der Waals surface area contributed by atoms with E-state index in [1.54, 1.807) is 0 Å². The highest BCUT2D eigenvalue weighted by molar-refractivity contribution is 5.71. The molecule has 0 aromatic heterocycles. The molecule has 0 aliphatic rings. The number of carbonyl (C=O) groups excluding carboxylic acids is 3. The molecule has 0 aromatic carbocycles. The average molecular weight is 873 g/mol. The first-order valence-electron chi connectivity index (χ1n) is 25.5. The van der Waals surface area contributed by atoms with E-state index >= 15 is 0 Å². The van der Waals surface area contributed by atoms with Crippen LogP contribution in [0.5, 0.6) is 0 Å². The van der Waals surface area contributed by atoms with Gasteiger partial charge in [0.15, 0.2) is 6.10 Å². The van der Waals surface area contributed by atoms with Crippen LogP contribution in [-0.4, -0.2) is 37.2 Å². The second-order valence-corrected chi connectivity index (χ2v) is 16.5. The molecule has 0 rings (SSSR count). The number of carbonyl (C=O) groups is 3. The molecule has 6 heteroatoms. The molecule has 0 amide bonds. The number of allylic oxidation sites excluding steroid dienone is 18. The van der Waals surface area contributed by atoms with Crippen molar-refractivity contribution in [2.75, 3.05) is 13.2 Å². The van der Waals surface area contributed by atoms with Crippen molar-refractivity contribution >= 4 is 17.9 Å². The van der Waals surface area contributed by atoms with Gasteiger partial charge in [0.2, 0.25) is 0 Å². The second-order valence-electron chi connectivity index (χ2n) is 16.5. The van der Waals surface area contributed by atoms with Crippen molar-refractivity contribution in [1.29, 1.82) is 0 Å². The summed E-state index contributed by atoms with van der Waals surface area (Å²) in [5.41, 5.74) is 0. The summed E-state index contributed by atoms with van der Waals surface area (Å²) in [7, 11) is 0. The van der Waals surface area contributed by atoms with Crippen molar-refractivity contribution in [3.8, 4) is 0 Å². The molecular weight excluding hydrogens is 781 g/mol. The van der Waals surface area contributed by atoms with Gasteiger partial charge in [0.05, 0.1) is 0 Å². The van der Waals surface area contributed by atoms with E-state index in [1.807, 2.05) is 54.7 Å². The molecule has 0 saturated carbocycles. The van der Waals surface area contributed by atoms with Crippen molar-refractivity contribution in [1.82, 2.24) is 0 Å². The molecule has 0 radical (unpaired) electrons. The van der Waals surface area contributed by atoms with Crippen LogP contribution in [0.2, 0.25) is 0 Å². The molecule has 6 nitrogen and oxygen atoms in total. The number of rotatable bonds is 44. The zero-order valence-electron chi connectivity index (χ0n) is 40.5. The normalized spacial score (nSPS) is 13.0. The minimum absolute atomic E-state index is 0.119. The van der Waals surface area contributed by atoms with Gasteiger partial charge in [-0.2, -0.15) is 0 Å². The Morgan fingerprint density at radius 3 is 1.24 bits per heavy atom. The van der Waals surface area contributed by atoms with Crippen molar-refractivity contribution in [3.05, 3.63) is 109 Å². The first kappa shape index (κ1) is 59.1. The summed E-state index contributed by atoms with van der Waals surface area (Å²) in [6.45, 7) is 6.35. The average Bonchev–Trinajstić information content (AvgIpc) is 3.28. The highest BCUT2D eigenvalue weighted by Crippen LogP contribution is 2.13. The maximum atomic E-state index is 12.8. The summed E-state index contributed by atoms with van der Waals surface area (Å²) in [4.78, 5) is 37.9. The Morgan fingerprint density at radius 1 is 0.349 bits per heavy atom. The predicted octanol–water partition coefficient (Wildman–Crippen LogP) is 16.8. The van der Waals surface area contributed by atoms with Gasteiger partial charge in [-0.05, 0) is 89.9 Å². The Morgan fingerprint density at radius 2 is 0.714 bits per heavy atom. The van der Waals surface area contributed by atoms with E-state index in [4.69, 9.17) is 14.2 Å². The maximum Gasteiger partial charge on any atom is 0.306 e. The fourth-order valence-electron chi connectivity index (χ4n) is 6.54. The highest BCUT2D eigenvalue weighted by Gasteiger charge is 2.19. The molecule has 0 heterocycles. The molecule has 0 aliphatic carbocycles. The first-order valence-corrected chi connectivity index (χ1v) is 25.5. The summed E-state index contributed by atoms with van der Waals surface area (Å²) in [5, 5.41) is 0. The quantitative estimate of drug-likeness (QED) is 0.0199. The molecule has 0 aliphatic heterocycles. The van der Waals surface area contributed by atoms with Crippen LogP contribution in [0, 0.1) is 0 Å². The third-order valence-corrected chi connectivity index (χ3v) is 10.4. The number of hydrogen-bond donors (Lipinski definition) is 0. The molecule has 1 unspecified atom stereocenters. The van der Waals surface area contributed by atoms with Crippen LogP contribution < -0.4 is 0 Å². The Bertz CT molecular complexity index is 1330. The zero-order chi connectivity index (χ0) is 45.8. The third kappa shape index (κ3) is 49.0. The Balaban J connectivity index is 4.54. The molecule has 1 atom stereocenters. The van der Waals surface area contributed by atoms with Gasteiger partial charge in [0.1, 0.15) is 13.2 Å². The van der Waals surface area contributed by atoms with Gasteiger partial charge in [-0.1, -0.05) is 214 Å². The van der Waals surface area contributed by atoms with Crippen LogP contribution in [0.25, 0.3) is 0 Å². The number of hydrogen-bond acceptors (Lipinski definition) is 6. The molecule has 356 valence electrons. The summed E-state index contributed by atoms with van der Waals surface area (Å²) < 4.78 is 16.7. The van der Waals surface area contributed by atoms with Crippen molar-refractivity contribution in [2.24, 2.45) is 0 Å². The summed E-state index contributed by atoms with van der Waals surface area (Å²) in [6.07, 6.45) is 67.9. The standard InChI is InChI=1S/C57H92O6/c1-4-7-10-13-16-19-22-25-27-28-30-32-35-38-41-44-47-50-56(59)62-53-54(52-61-55(58)49-46-43-40-37-34-31-24-21-18-15-12-9-6-3)63-57(60)51-48-45-42-39-36-33-29-26-23-20-17-14-11-8-5-2/h8,11,14,16-17,19-20,23,25-27,29,31,33-34,36,40,43,54H,4-7,9-10,12-13,15,18,21-22,24,28,30,32,35,37-39,41-42,44-53H2,1-3H3/b11-8-,17-14-,19-16-,23-20-,27-25-,29-26-,34-31-,36-33-,43-40-. The lowest BCUT2D eigenvalue weighted by Crippen LogP contribution is -2.30. The topological polar surface area (TPSA) is 78.9 Å². The Kier molecular flexibility index (Phi) is 47.5. The lowest BCUT2D eigenvalue weighted by molar-refractivity contribution is -0.166. The fraction of sp³-hybridized carbons (Fsp3) is 0.632. The van der Waals surface area contributed by atoms with Crippen LogP contribution >= 0.6 is 0 Å². The van der Waals surface area contributed by atoms with Crippen LogP contribution in [-0.2, 0) is 28.6 Å². The smallest absolute Gasteiger partial charge is 0.306 e. The number of esters is 3. The SMILES string of the molecule is CC\C=C/C=C\C=C/C=C\C=C/CCCCCC(=O)OC(COC(=O)CC/C=C\C/C=C\CCCCCCCC)COC(=O)CCCCCCCCC/C=C\C/C=C\CCCCC. The second kappa shape index (κ2) is 50.7. The molecule has 0 aromatic rings. The fourth-order valence-corrected chi connectivity index (χ4v) is 6.54. The molecule has 0 bridgehead atoms. The van der Waals surface area contributed by atoms with E-state index in [0.29, 0.717) is 19.3 Å². The van der Waals surface area contributed by atoms with E-state index in [2.05, 4.69) is 75.5 Å². The molecule has 0 saturated heterocycles. The van der Waals surface area contributed by atoms with Gasteiger partial charge < -0.3 is 14.2 Å². The lowest BCUT2D eigenvalue weighted by atomic mass is 10.1. The monoisotopic (exact) mass is 873 g/mol. The van der Waals surface area contributed by atoms with Gasteiger partial charge in [-0.15, -0.1) is 0 Å². The Labute approximate surface area is 387 Å². The van der Waals surface area contributed by atoms with Crippen LogP contribution in [0.15, 0.2) is 109 Å². The van der Waals surface area contributed by atoms with Crippen molar-refractivity contribution in [2.45, 2.75) is 219 Å².